The second-order valence-electron chi connectivity index (χ2n) is 6.63. The SMILES string of the molecule is COC(=O)c1ccccc1-n1ncc(NCCc2c[nH]c3ccccc23)c(Cl)c1=O. The third kappa shape index (κ3) is 3.67. The molecule has 0 fully saturated rings. The van der Waals surface area contributed by atoms with E-state index in [2.05, 4.69) is 21.5 Å². The molecule has 2 N–H and O–H groups in total. The van der Waals surface area contributed by atoms with Gasteiger partial charge in [0.1, 0.15) is 5.02 Å². The maximum absolute atomic E-state index is 12.8. The molecule has 0 spiro atoms. The minimum atomic E-state index is -0.559. The molecule has 0 saturated carbocycles. The molecule has 2 heterocycles. The molecule has 152 valence electrons. The van der Waals surface area contributed by atoms with Gasteiger partial charge in [0.25, 0.3) is 5.56 Å². The number of nitrogens with one attached hydrogen (secondary N) is 2. The van der Waals surface area contributed by atoms with Crippen LogP contribution in [0.5, 0.6) is 0 Å². The largest absolute Gasteiger partial charge is 0.465 e. The van der Waals surface area contributed by atoms with Crippen molar-refractivity contribution in [2.75, 3.05) is 19.0 Å². The van der Waals surface area contributed by atoms with Crippen LogP contribution >= 0.6 is 11.6 Å². The number of ether oxygens (including phenoxy) is 1. The number of esters is 1. The summed E-state index contributed by atoms with van der Waals surface area (Å²) in [4.78, 5) is 28.0. The summed E-state index contributed by atoms with van der Waals surface area (Å²) in [5, 5.41) is 8.53. The number of fused-ring (bicyclic) bond motifs is 1. The Morgan fingerprint density at radius 1 is 1.20 bits per heavy atom. The van der Waals surface area contributed by atoms with E-state index < -0.39 is 11.5 Å². The third-order valence-electron chi connectivity index (χ3n) is 4.84. The predicted molar refractivity (Wildman–Crippen MR) is 117 cm³/mol. The summed E-state index contributed by atoms with van der Waals surface area (Å²) >= 11 is 6.31. The Morgan fingerprint density at radius 2 is 1.97 bits per heavy atom. The highest BCUT2D eigenvalue weighted by atomic mass is 35.5. The monoisotopic (exact) mass is 422 g/mol. The van der Waals surface area contributed by atoms with Gasteiger partial charge in [-0.25, -0.2) is 4.79 Å². The quantitative estimate of drug-likeness (QED) is 0.461. The number of halogens is 1. The first kappa shape index (κ1) is 19.7. The molecule has 0 saturated heterocycles. The van der Waals surface area contributed by atoms with Gasteiger partial charge in [-0.05, 0) is 30.2 Å². The van der Waals surface area contributed by atoms with Crippen LogP contribution in [0, 0.1) is 0 Å². The molecule has 2 aromatic carbocycles. The van der Waals surface area contributed by atoms with Gasteiger partial charge in [-0.1, -0.05) is 41.9 Å². The van der Waals surface area contributed by atoms with Gasteiger partial charge in [-0.15, -0.1) is 0 Å². The van der Waals surface area contributed by atoms with Gasteiger partial charge in [-0.3, -0.25) is 4.79 Å². The van der Waals surface area contributed by atoms with Crippen LogP contribution in [0.25, 0.3) is 16.6 Å². The van der Waals surface area contributed by atoms with E-state index in [1.165, 1.54) is 24.3 Å². The second kappa shape index (κ2) is 8.42. The van der Waals surface area contributed by atoms with Crippen molar-refractivity contribution in [3.05, 3.63) is 87.4 Å². The van der Waals surface area contributed by atoms with Gasteiger partial charge >= 0.3 is 5.97 Å². The number of carbonyl (C=O) groups is 1. The summed E-state index contributed by atoms with van der Waals surface area (Å²) in [6, 6.07) is 14.6. The van der Waals surface area contributed by atoms with Crippen LogP contribution in [0.3, 0.4) is 0 Å². The summed E-state index contributed by atoms with van der Waals surface area (Å²) in [5.41, 5.74) is 2.70. The Labute approximate surface area is 177 Å². The summed E-state index contributed by atoms with van der Waals surface area (Å²) in [6.07, 6.45) is 4.20. The molecule has 4 aromatic rings. The highest BCUT2D eigenvalue weighted by Crippen LogP contribution is 2.21. The average Bonchev–Trinajstić information content (AvgIpc) is 3.19. The molecule has 30 heavy (non-hydrogen) atoms. The molecular formula is C22H19ClN4O3. The van der Waals surface area contributed by atoms with Crippen molar-refractivity contribution in [2.45, 2.75) is 6.42 Å². The van der Waals surface area contributed by atoms with Gasteiger partial charge in [0.05, 0.1) is 30.2 Å². The van der Waals surface area contributed by atoms with Gasteiger partial charge in [0, 0.05) is 23.6 Å². The predicted octanol–water partition coefficient (Wildman–Crippen LogP) is 3.81. The lowest BCUT2D eigenvalue weighted by molar-refractivity contribution is 0.0600. The summed E-state index contributed by atoms with van der Waals surface area (Å²) in [5.74, 6) is -0.559. The van der Waals surface area contributed by atoms with Crippen molar-refractivity contribution in [1.29, 1.82) is 0 Å². The average molecular weight is 423 g/mol. The molecule has 2 aromatic heterocycles. The summed E-state index contributed by atoms with van der Waals surface area (Å²) in [7, 11) is 1.28. The van der Waals surface area contributed by atoms with Crippen LogP contribution in [0.4, 0.5) is 5.69 Å². The number of aromatic amines is 1. The number of carbonyl (C=O) groups excluding carboxylic acids is 1. The molecule has 0 atom stereocenters. The van der Waals surface area contributed by atoms with E-state index in [4.69, 9.17) is 16.3 Å². The maximum Gasteiger partial charge on any atom is 0.340 e. The normalized spacial score (nSPS) is 10.9. The van der Waals surface area contributed by atoms with E-state index in [9.17, 15) is 9.59 Å². The van der Waals surface area contributed by atoms with Crippen LogP contribution in [0.2, 0.25) is 5.02 Å². The van der Waals surface area contributed by atoms with E-state index in [0.717, 1.165) is 16.6 Å². The first-order valence-electron chi connectivity index (χ1n) is 9.34. The van der Waals surface area contributed by atoms with Gasteiger partial charge < -0.3 is 15.0 Å². The Morgan fingerprint density at radius 3 is 2.80 bits per heavy atom. The Kier molecular flexibility index (Phi) is 5.54. The van der Waals surface area contributed by atoms with Gasteiger partial charge in [0.15, 0.2) is 0 Å². The highest BCUT2D eigenvalue weighted by molar-refractivity contribution is 6.33. The minimum Gasteiger partial charge on any atom is -0.465 e. The minimum absolute atomic E-state index is 0.00333. The number of anilines is 1. The van der Waals surface area contributed by atoms with Crippen molar-refractivity contribution in [3.63, 3.8) is 0 Å². The number of hydrogen-bond donors (Lipinski definition) is 2. The molecule has 0 unspecified atom stereocenters. The molecule has 0 aliphatic heterocycles. The summed E-state index contributed by atoms with van der Waals surface area (Å²) in [6.45, 7) is 0.575. The van der Waals surface area contributed by atoms with Crippen LogP contribution < -0.4 is 10.9 Å². The fourth-order valence-electron chi connectivity index (χ4n) is 3.34. The van der Waals surface area contributed by atoms with Crippen molar-refractivity contribution in [1.82, 2.24) is 14.8 Å². The number of para-hydroxylation sites is 2. The third-order valence-corrected chi connectivity index (χ3v) is 5.21. The van der Waals surface area contributed by atoms with Crippen molar-refractivity contribution in [3.8, 4) is 5.69 Å². The van der Waals surface area contributed by atoms with E-state index >= 15 is 0 Å². The van der Waals surface area contributed by atoms with E-state index in [-0.39, 0.29) is 10.6 Å². The van der Waals surface area contributed by atoms with Crippen molar-refractivity contribution < 1.29 is 9.53 Å². The zero-order valence-electron chi connectivity index (χ0n) is 16.2. The molecule has 0 aliphatic rings. The number of methoxy groups -OCH3 is 1. The fraction of sp³-hybridized carbons (Fsp3) is 0.136. The smallest absolute Gasteiger partial charge is 0.340 e. The van der Waals surface area contributed by atoms with Gasteiger partial charge in [-0.2, -0.15) is 9.78 Å². The van der Waals surface area contributed by atoms with E-state index in [0.29, 0.717) is 17.9 Å². The van der Waals surface area contributed by atoms with Crippen molar-refractivity contribution >= 4 is 34.2 Å². The van der Waals surface area contributed by atoms with Crippen LogP contribution in [-0.2, 0) is 11.2 Å². The molecule has 7 nitrogen and oxygen atoms in total. The number of rotatable bonds is 6. The molecule has 8 heteroatoms. The topological polar surface area (TPSA) is 89.0 Å². The van der Waals surface area contributed by atoms with Crippen molar-refractivity contribution in [2.24, 2.45) is 0 Å². The standard InChI is InChI=1S/C22H19ClN4O3/c1-30-22(29)16-7-3-5-9-19(16)27-21(28)20(23)18(13-26-27)24-11-10-14-12-25-17-8-4-2-6-15(14)17/h2-9,12-13,24-25H,10-11H2,1H3. The van der Waals surface area contributed by atoms with Gasteiger partial charge in [0.2, 0.25) is 0 Å². The molecule has 0 amide bonds. The number of nitrogens with zero attached hydrogens (tertiary/aromatic N) is 2. The molecule has 0 radical (unpaired) electrons. The zero-order valence-corrected chi connectivity index (χ0v) is 16.9. The highest BCUT2D eigenvalue weighted by Gasteiger charge is 2.17. The zero-order chi connectivity index (χ0) is 21.1. The maximum atomic E-state index is 12.8. The summed E-state index contributed by atoms with van der Waals surface area (Å²) < 4.78 is 5.88. The molecule has 0 bridgehead atoms. The molecule has 4 rings (SSSR count). The number of hydrogen-bond acceptors (Lipinski definition) is 5. The lowest BCUT2D eigenvalue weighted by atomic mass is 10.1. The van der Waals surface area contributed by atoms with Crippen LogP contribution in [0.15, 0.2) is 65.7 Å². The first-order chi connectivity index (χ1) is 14.6. The Balaban J connectivity index is 1.55. The lowest BCUT2D eigenvalue weighted by Crippen LogP contribution is -2.25. The first-order valence-corrected chi connectivity index (χ1v) is 9.72. The Hall–Kier alpha value is -3.58. The number of benzene rings is 2. The van der Waals surface area contributed by atoms with Crippen LogP contribution in [0.1, 0.15) is 15.9 Å². The van der Waals surface area contributed by atoms with E-state index in [1.807, 2.05) is 24.4 Å². The molecule has 0 aliphatic carbocycles. The Bertz CT molecular complexity index is 1280. The number of aromatic nitrogens is 3. The fourth-order valence-corrected chi connectivity index (χ4v) is 3.53. The van der Waals surface area contributed by atoms with E-state index in [1.54, 1.807) is 24.3 Å². The second-order valence-corrected chi connectivity index (χ2v) is 7.01. The number of H-pyrrole nitrogens is 1. The molecular weight excluding hydrogens is 404 g/mol. The van der Waals surface area contributed by atoms with Crippen LogP contribution in [-0.4, -0.2) is 34.4 Å². The lowest BCUT2D eigenvalue weighted by Gasteiger charge is -2.12.